The molecular formula is C22H26O12. The molecule has 0 bridgehead atoms. The standard InChI is InChI=1S/C22H26O12/c1-30-13-6-5-12(25)20(31-2)16(13)21(29)32-9-10-3-4-11(24)7-14(10)33-22-19(28)18(27)17(26)15(8-23)34-22/h3-7,15,17-19,22-28H,8-9H2,1-2H3. The third kappa shape index (κ3) is 5.11. The van der Waals surface area contributed by atoms with E-state index in [-0.39, 0.29) is 46.5 Å². The molecular weight excluding hydrogens is 456 g/mol. The average Bonchev–Trinajstić information content (AvgIpc) is 2.83. The molecule has 0 radical (unpaired) electrons. The molecule has 186 valence electrons. The highest BCUT2D eigenvalue weighted by atomic mass is 16.7. The van der Waals surface area contributed by atoms with Crippen molar-refractivity contribution in [1.82, 2.24) is 0 Å². The second-order valence-electron chi connectivity index (χ2n) is 7.38. The smallest absolute Gasteiger partial charge is 0.346 e. The summed E-state index contributed by atoms with van der Waals surface area (Å²) in [6.07, 6.45) is -7.64. The van der Waals surface area contributed by atoms with Crippen molar-refractivity contribution in [3.63, 3.8) is 0 Å². The number of aliphatic hydroxyl groups is 4. The van der Waals surface area contributed by atoms with Gasteiger partial charge in [-0.3, -0.25) is 0 Å². The number of hydrogen-bond donors (Lipinski definition) is 6. The van der Waals surface area contributed by atoms with Crippen LogP contribution in [0.1, 0.15) is 15.9 Å². The Hall–Kier alpha value is -3.29. The number of phenolic OH excluding ortho intramolecular Hbond substituents is 2. The summed E-state index contributed by atoms with van der Waals surface area (Å²) in [6, 6.07) is 6.52. The predicted octanol–water partition coefficient (Wildman–Crippen LogP) is -0.349. The molecule has 1 heterocycles. The molecule has 0 amide bonds. The van der Waals surface area contributed by atoms with Crippen LogP contribution in [0.5, 0.6) is 28.7 Å². The summed E-state index contributed by atoms with van der Waals surface area (Å²) in [7, 11) is 2.59. The quantitative estimate of drug-likeness (QED) is 0.269. The third-order valence-electron chi connectivity index (χ3n) is 5.23. The molecule has 1 saturated heterocycles. The van der Waals surface area contributed by atoms with Gasteiger partial charge in [-0.05, 0) is 24.3 Å². The summed E-state index contributed by atoms with van der Waals surface area (Å²) in [6.45, 7) is -1.03. The van der Waals surface area contributed by atoms with E-state index in [2.05, 4.69) is 0 Å². The van der Waals surface area contributed by atoms with E-state index in [0.717, 1.165) is 0 Å². The minimum atomic E-state index is -1.68. The zero-order valence-corrected chi connectivity index (χ0v) is 18.3. The number of carbonyl (C=O) groups is 1. The van der Waals surface area contributed by atoms with E-state index < -0.39 is 43.3 Å². The number of hydrogen-bond acceptors (Lipinski definition) is 12. The molecule has 2 aromatic rings. The van der Waals surface area contributed by atoms with Crippen molar-refractivity contribution < 1.29 is 59.1 Å². The minimum Gasteiger partial charge on any atom is -0.508 e. The maximum Gasteiger partial charge on any atom is 0.346 e. The van der Waals surface area contributed by atoms with Gasteiger partial charge in [0.05, 0.1) is 20.8 Å². The maximum absolute atomic E-state index is 12.8. The van der Waals surface area contributed by atoms with Crippen LogP contribution in [0.3, 0.4) is 0 Å². The highest BCUT2D eigenvalue weighted by Crippen LogP contribution is 2.37. The van der Waals surface area contributed by atoms with Crippen LogP contribution in [-0.2, 0) is 16.1 Å². The Morgan fingerprint density at radius 1 is 0.971 bits per heavy atom. The molecule has 0 spiro atoms. The third-order valence-corrected chi connectivity index (χ3v) is 5.23. The zero-order chi connectivity index (χ0) is 25.0. The van der Waals surface area contributed by atoms with Crippen LogP contribution in [0.2, 0.25) is 0 Å². The van der Waals surface area contributed by atoms with Crippen LogP contribution in [0, 0.1) is 0 Å². The van der Waals surface area contributed by atoms with Gasteiger partial charge in [-0.1, -0.05) is 0 Å². The van der Waals surface area contributed by atoms with E-state index in [1.165, 1.54) is 44.6 Å². The summed E-state index contributed by atoms with van der Waals surface area (Å²) in [5, 5.41) is 59.3. The van der Waals surface area contributed by atoms with Gasteiger partial charge in [-0.2, -0.15) is 0 Å². The van der Waals surface area contributed by atoms with Crippen molar-refractivity contribution in [2.45, 2.75) is 37.3 Å². The van der Waals surface area contributed by atoms with Crippen molar-refractivity contribution in [3.8, 4) is 28.7 Å². The second-order valence-corrected chi connectivity index (χ2v) is 7.38. The largest absolute Gasteiger partial charge is 0.508 e. The molecule has 1 aliphatic rings. The number of ether oxygens (including phenoxy) is 5. The Morgan fingerprint density at radius 2 is 1.71 bits per heavy atom. The first kappa shape index (κ1) is 25.3. The molecule has 0 saturated carbocycles. The van der Waals surface area contributed by atoms with Gasteiger partial charge in [-0.15, -0.1) is 0 Å². The van der Waals surface area contributed by atoms with E-state index in [1.807, 2.05) is 0 Å². The molecule has 34 heavy (non-hydrogen) atoms. The van der Waals surface area contributed by atoms with Crippen LogP contribution < -0.4 is 14.2 Å². The fourth-order valence-corrected chi connectivity index (χ4v) is 3.40. The van der Waals surface area contributed by atoms with Gasteiger partial charge < -0.3 is 54.3 Å². The monoisotopic (exact) mass is 482 g/mol. The van der Waals surface area contributed by atoms with E-state index in [4.69, 9.17) is 23.7 Å². The fourth-order valence-electron chi connectivity index (χ4n) is 3.40. The summed E-state index contributed by atoms with van der Waals surface area (Å²) >= 11 is 0. The van der Waals surface area contributed by atoms with Gasteiger partial charge in [0.15, 0.2) is 11.5 Å². The van der Waals surface area contributed by atoms with E-state index in [1.54, 1.807) is 0 Å². The van der Waals surface area contributed by atoms with E-state index in [9.17, 15) is 35.4 Å². The molecule has 5 unspecified atom stereocenters. The summed E-state index contributed by atoms with van der Waals surface area (Å²) in [5.74, 6) is -1.52. The molecule has 0 aliphatic carbocycles. The first-order valence-electron chi connectivity index (χ1n) is 10.1. The normalized spacial score (nSPS) is 24.4. The number of aliphatic hydroxyl groups excluding tert-OH is 4. The molecule has 12 heteroatoms. The maximum atomic E-state index is 12.8. The first-order valence-corrected chi connectivity index (χ1v) is 10.1. The van der Waals surface area contributed by atoms with Crippen LogP contribution in [0.25, 0.3) is 0 Å². The minimum absolute atomic E-state index is 0.0630. The van der Waals surface area contributed by atoms with Crippen LogP contribution in [-0.4, -0.2) is 88.1 Å². The van der Waals surface area contributed by atoms with Crippen LogP contribution in [0.15, 0.2) is 30.3 Å². The lowest BCUT2D eigenvalue weighted by Crippen LogP contribution is -2.60. The molecule has 12 nitrogen and oxygen atoms in total. The SMILES string of the molecule is COc1ccc(O)c(OC)c1C(=O)OCc1ccc(O)cc1OC1OC(CO)C(O)C(O)C1O. The number of aromatic hydroxyl groups is 2. The van der Waals surface area contributed by atoms with Crippen LogP contribution in [0.4, 0.5) is 0 Å². The molecule has 6 N–H and O–H groups in total. The lowest BCUT2D eigenvalue weighted by Gasteiger charge is -2.39. The van der Waals surface area contributed by atoms with Crippen molar-refractivity contribution in [3.05, 3.63) is 41.5 Å². The van der Waals surface area contributed by atoms with Gasteiger partial charge in [0.2, 0.25) is 6.29 Å². The number of phenols is 2. The van der Waals surface area contributed by atoms with Gasteiger partial charge in [0, 0.05) is 11.6 Å². The number of methoxy groups -OCH3 is 2. The Balaban J connectivity index is 1.82. The molecule has 5 atom stereocenters. The summed E-state index contributed by atoms with van der Waals surface area (Å²) in [4.78, 5) is 12.8. The lowest BCUT2D eigenvalue weighted by molar-refractivity contribution is -0.277. The molecule has 3 rings (SSSR count). The molecule has 2 aromatic carbocycles. The highest BCUT2D eigenvalue weighted by Gasteiger charge is 2.45. The fraction of sp³-hybridized carbons (Fsp3) is 0.409. The van der Waals surface area contributed by atoms with Crippen molar-refractivity contribution in [2.24, 2.45) is 0 Å². The van der Waals surface area contributed by atoms with Gasteiger partial charge >= 0.3 is 5.97 Å². The lowest BCUT2D eigenvalue weighted by atomic mass is 9.99. The van der Waals surface area contributed by atoms with Gasteiger partial charge in [0.1, 0.15) is 53.8 Å². The van der Waals surface area contributed by atoms with Gasteiger partial charge in [0.25, 0.3) is 0 Å². The number of benzene rings is 2. The Bertz CT molecular complexity index is 1010. The van der Waals surface area contributed by atoms with E-state index >= 15 is 0 Å². The Morgan fingerprint density at radius 3 is 2.35 bits per heavy atom. The second kappa shape index (κ2) is 10.8. The first-order chi connectivity index (χ1) is 16.2. The zero-order valence-electron chi connectivity index (χ0n) is 18.3. The Kier molecular flexibility index (Phi) is 8.02. The van der Waals surface area contributed by atoms with Crippen LogP contribution >= 0.6 is 0 Å². The number of esters is 1. The van der Waals surface area contributed by atoms with Crippen molar-refractivity contribution >= 4 is 5.97 Å². The predicted molar refractivity (Wildman–Crippen MR) is 113 cm³/mol. The van der Waals surface area contributed by atoms with E-state index in [0.29, 0.717) is 0 Å². The summed E-state index contributed by atoms with van der Waals surface area (Å²) in [5.41, 5.74) is 0.0846. The molecule has 1 fully saturated rings. The highest BCUT2D eigenvalue weighted by molar-refractivity contribution is 5.96. The topological polar surface area (TPSA) is 185 Å². The summed E-state index contributed by atoms with van der Waals surface area (Å²) < 4.78 is 26.5. The Labute approximate surface area is 194 Å². The van der Waals surface area contributed by atoms with Gasteiger partial charge in [-0.25, -0.2) is 4.79 Å². The average molecular weight is 482 g/mol. The molecule has 1 aliphatic heterocycles. The molecule has 0 aromatic heterocycles. The van der Waals surface area contributed by atoms with Crippen molar-refractivity contribution in [2.75, 3.05) is 20.8 Å². The number of carbonyl (C=O) groups excluding carboxylic acids is 1. The van der Waals surface area contributed by atoms with Crippen molar-refractivity contribution in [1.29, 1.82) is 0 Å². The number of rotatable bonds is 8.